The van der Waals surface area contributed by atoms with Crippen molar-refractivity contribution in [2.75, 3.05) is 39.6 Å². The second kappa shape index (κ2) is 66.5. The molecule has 18 heteroatoms. The summed E-state index contributed by atoms with van der Waals surface area (Å²) in [6.07, 6.45) is 73.1. The second-order valence-corrected chi connectivity index (χ2v) is 26.6. The number of hydrogen-bond acceptors (Lipinski definition) is 14. The fraction of sp³-hybridized carbons (Fsp3) is 0.740. The van der Waals surface area contributed by atoms with Crippen molar-refractivity contribution >= 4 is 33.6 Å². The molecular weight excluding hydrogens is 1190 g/mol. The van der Waals surface area contributed by atoms with E-state index in [0.29, 0.717) is 19.3 Å². The van der Waals surface area contributed by atoms with Crippen LogP contribution in [0.25, 0.3) is 0 Å². The van der Waals surface area contributed by atoms with Crippen LogP contribution in [0.4, 0.5) is 0 Å². The van der Waals surface area contributed by atoms with Gasteiger partial charge >= 0.3 is 33.6 Å². The lowest BCUT2D eigenvalue weighted by molar-refractivity contribution is -0.161. The lowest BCUT2D eigenvalue weighted by Crippen LogP contribution is -2.30. The molecule has 4 N–H and O–H groups in total. The maximum Gasteiger partial charge on any atom is 0.472 e. The van der Waals surface area contributed by atoms with Gasteiger partial charge in [0.2, 0.25) is 0 Å². The van der Waals surface area contributed by atoms with Gasteiger partial charge < -0.3 is 34.2 Å². The molecule has 0 saturated heterocycles. The maximum absolute atomic E-state index is 12.9. The zero-order valence-electron chi connectivity index (χ0n) is 57.0. The summed E-state index contributed by atoms with van der Waals surface area (Å²) < 4.78 is 60.9. The zero-order chi connectivity index (χ0) is 66.7. The smallest absolute Gasteiger partial charge is 0.463 e. The molecule has 0 aromatic heterocycles. The Bertz CT molecular complexity index is 2050. The minimum Gasteiger partial charge on any atom is -0.463 e. The van der Waals surface area contributed by atoms with Crippen molar-refractivity contribution in [3.05, 3.63) is 97.2 Å². The number of esters is 3. The third kappa shape index (κ3) is 67.7. The summed E-state index contributed by atoms with van der Waals surface area (Å²) in [6.45, 7) is 2.58. The van der Waals surface area contributed by atoms with Gasteiger partial charge in [0, 0.05) is 19.3 Å². The summed E-state index contributed by atoms with van der Waals surface area (Å²) in [6, 6.07) is 0. The number of phosphoric ester groups is 2. The number of hydrogen-bond donors (Lipinski definition) is 4. The van der Waals surface area contributed by atoms with Gasteiger partial charge in [0.25, 0.3) is 0 Å². The molecule has 0 bridgehead atoms. The van der Waals surface area contributed by atoms with Crippen LogP contribution in [-0.2, 0) is 55.8 Å². The summed E-state index contributed by atoms with van der Waals surface area (Å²) in [7, 11) is -9.78. The zero-order valence-corrected chi connectivity index (χ0v) is 58.8. The molecule has 0 spiro atoms. The highest BCUT2D eigenvalue weighted by Gasteiger charge is 2.29. The van der Waals surface area contributed by atoms with E-state index >= 15 is 0 Å². The Kier molecular flexibility index (Phi) is 63.9. The molecule has 0 heterocycles. The van der Waals surface area contributed by atoms with E-state index < -0.39 is 91.5 Å². The molecule has 0 aliphatic carbocycles. The quantitative estimate of drug-likeness (QED) is 0.0146. The van der Waals surface area contributed by atoms with Crippen LogP contribution in [0.3, 0.4) is 0 Å². The van der Waals surface area contributed by atoms with Gasteiger partial charge in [-0.1, -0.05) is 259 Å². The van der Waals surface area contributed by atoms with Crippen molar-refractivity contribution in [2.45, 2.75) is 309 Å². The van der Waals surface area contributed by atoms with Crippen molar-refractivity contribution in [2.24, 2.45) is 0 Å². The summed E-state index contributed by atoms with van der Waals surface area (Å²) in [5.74, 6) is -1.60. The van der Waals surface area contributed by atoms with Crippen LogP contribution in [0.5, 0.6) is 0 Å². The first-order chi connectivity index (χ1) is 44.2. The van der Waals surface area contributed by atoms with E-state index in [4.69, 9.17) is 32.3 Å². The molecule has 0 saturated carbocycles. The van der Waals surface area contributed by atoms with E-state index in [2.05, 4.69) is 118 Å². The molecule has 526 valence electrons. The first kappa shape index (κ1) is 87.5. The predicted molar refractivity (Wildman–Crippen MR) is 371 cm³/mol. The average molecular weight is 1320 g/mol. The second-order valence-electron chi connectivity index (χ2n) is 23.7. The highest BCUT2D eigenvalue weighted by Crippen LogP contribution is 2.45. The summed E-state index contributed by atoms with van der Waals surface area (Å²) in [5, 5.41) is 20.5. The largest absolute Gasteiger partial charge is 0.472 e. The van der Waals surface area contributed by atoms with Crippen LogP contribution in [-0.4, -0.2) is 95.9 Å². The number of phosphoric acid groups is 2. The molecule has 0 aromatic carbocycles. The summed E-state index contributed by atoms with van der Waals surface area (Å²) in [4.78, 5) is 58.4. The van der Waals surface area contributed by atoms with Crippen molar-refractivity contribution in [3.8, 4) is 0 Å². The normalized spacial score (nSPS) is 14.8. The Labute approximate surface area is 552 Å². The molecule has 91 heavy (non-hydrogen) atoms. The molecule has 0 radical (unpaired) electrons. The molecule has 5 unspecified atom stereocenters. The molecular formula is C73H128O16P2. The molecule has 16 nitrogen and oxygen atoms in total. The first-order valence-corrected chi connectivity index (χ1v) is 38.5. The Morgan fingerprint density at radius 3 is 0.890 bits per heavy atom. The topological polar surface area (TPSA) is 231 Å². The van der Waals surface area contributed by atoms with Gasteiger partial charge in [0.05, 0.1) is 26.4 Å². The molecule has 0 rings (SSSR count). The SMILES string of the molecule is CCCCC/C=C\C/C=C\C/C=C\C/C=C\CCCCCCCCCC(=O)OCC(O)COP(=O)(O)OCC(O)COP(=O)(O)OCC(COC(=O)CCCCCCC/C=C\C/C=C\C/C=C\C/C=C\CCCCC)OC(=O)CCCCCCCCCCCCC. The predicted octanol–water partition coefficient (Wildman–Crippen LogP) is 19.9. The third-order valence-electron chi connectivity index (χ3n) is 14.8. The van der Waals surface area contributed by atoms with E-state index in [1.807, 2.05) is 0 Å². The monoisotopic (exact) mass is 1320 g/mol. The Morgan fingerprint density at radius 2 is 0.549 bits per heavy atom. The van der Waals surface area contributed by atoms with Gasteiger partial charge in [-0.25, -0.2) is 9.13 Å². The summed E-state index contributed by atoms with van der Waals surface area (Å²) >= 11 is 0. The lowest BCUT2D eigenvalue weighted by atomic mass is 10.1. The number of carbonyl (C=O) groups is 3. The Morgan fingerprint density at radius 1 is 0.308 bits per heavy atom. The van der Waals surface area contributed by atoms with Crippen LogP contribution in [0.15, 0.2) is 97.2 Å². The third-order valence-corrected chi connectivity index (χ3v) is 16.7. The average Bonchev–Trinajstić information content (AvgIpc) is 3.58. The molecule has 0 fully saturated rings. The Hall–Kier alpha value is -3.53. The maximum atomic E-state index is 12.9. The van der Waals surface area contributed by atoms with Crippen LogP contribution in [0.1, 0.15) is 290 Å². The molecule has 5 atom stereocenters. The molecule has 0 aliphatic heterocycles. The van der Waals surface area contributed by atoms with Crippen LogP contribution in [0, 0.1) is 0 Å². The van der Waals surface area contributed by atoms with Gasteiger partial charge in [-0.2, -0.15) is 0 Å². The Balaban J connectivity index is 4.58. The van der Waals surface area contributed by atoms with Gasteiger partial charge in [0.1, 0.15) is 25.4 Å². The highest BCUT2D eigenvalue weighted by atomic mass is 31.2. The number of aliphatic hydroxyl groups excluding tert-OH is 2. The number of carbonyl (C=O) groups excluding carboxylic acids is 3. The van der Waals surface area contributed by atoms with E-state index in [0.717, 1.165) is 141 Å². The van der Waals surface area contributed by atoms with E-state index in [9.17, 15) is 43.5 Å². The van der Waals surface area contributed by atoms with Crippen molar-refractivity contribution in [1.82, 2.24) is 0 Å². The number of unbranched alkanes of at least 4 members (excludes halogenated alkanes) is 28. The number of ether oxygens (including phenoxy) is 3. The van der Waals surface area contributed by atoms with E-state index in [1.165, 1.54) is 89.9 Å². The minimum absolute atomic E-state index is 0.102. The van der Waals surface area contributed by atoms with E-state index in [-0.39, 0.29) is 19.3 Å². The minimum atomic E-state index is -4.93. The van der Waals surface area contributed by atoms with Gasteiger partial charge in [-0.3, -0.25) is 32.5 Å². The summed E-state index contributed by atoms with van der Waals surface area (Å²) in [5.41, 5.74) is 0. The van der Waals surface area contributed by atoms with Crippen LogP contribution >= 0.6 is 15.6 Å². The van der Waals surface area contributed by atoms with Crippen LogP contribution in [0.2, 0.25) is 0 Å². The standard InChI is InChI=1S/C73H128O16P2/c1-4-7-10-13-16-19-22-24-26-28-30-32-33-35-37-38-40-42-45-47-50-53-56-59-71(76)83-62-68(74)63-85-90(79,80)86-64-69(75)65-87-91(81,82)88-67-70(89-73(78)61-58-55-52-49-44-21-18-15-12-9-6-3)66-84-72(77)60-57-54-51-48-46-43-41-39-36-34-31-29-27-25-23-20-17-14-11-8-5-2/h16-17,19-20,24-27,30-32,34-35,37,39,41,68-70,74-75H,4-15,18,21-23,28-29,33,36,38,40,42-67H2,1-3H3,(H,79,80)(H,81,82)/b19-16-,20-17-,26-24-,27-25-,32-30-,34-31-,37-35-,41-39-. The fourth-order valence-corrected chi connectivity index (χ4v) is 10.9. The van der Waals surface area contributed by atoms with Crippen molar-refractivity contribution < 1.29 is 75.8 Å². The van der Waals surface area contributed by atoms with Crippen molar-refractivity contribution in [3.63, 3.8) is 0 Å². The van der Waals surface area contributed by atoms with Gasteiger partial charge in [0.15, 0.2) is 6.10 Å². The van der Waals surface area contributed by atoms with Gasteiger partial charge in [-0.05, 0) is 109 Å². The molecule has 0 aliphatic rings. The molecule has 0 aromatic rings. The first-order valence-electron chi connectivity index (χ1n) is 35.5. The van der Waals surface area contributed by atoms with Crippen LogP contribution < -0.4 is 0 Å². The van der Waals surface area contributed by atoms with Gasteiger partial charge in [-0.15, -0.1) is 0 Å². The number of rotatable bonds is 67. The lowest BCUT2D eigenvalue weighted by Gasteiger charge is -2.21. The molecule has 0 amide bonds. The highest BCUT2D eigenvalue weighted by molar-refractivity contribution is 7.47. The number of aliphatic hydroxyl groups is 2. The number of allylic oxidation sites excluding steroid dienone is 16. The fourth-order valence-electron chi connectivity index (χ4n) is 9.30. The van der Waals surface area contributed by atoms with E-state index in [1.54, 1.807) is 0 Å². The van der Waals surface area contributed by atoms with Crippen molar-refractivity contribution in [1.29, 1.82) is 0 Å².